The molecular formula is C24H28O3. The Morgan fingerprint density at radius 1 is 0.852 bits per heavy atom. The van der Waals surface area contributed by atoms with Crippen LogP contribution in [0, 0.1) is 5.92 Å². The molecule has 0 heterocycles. The number of hydrogen-bond acceptors (Lipinski definition) is 3. The van der Waals surface area contributed by atoms with Gasteiger partial charge >= 0.3 is 0 Å². The summed E-state index contributed by atoms with van der Waals surface area (Å²) in [7, 11) is 0. The molecule has 0 amide bonds. The van der Waals surface area contributed by atoms with Crippen molar-refractivity contribution >= 4 is 11.4 Å². The number of carbonyl (C=O) groups is 1. The highest BCUT2D eigenvalue weighted by Gasteiger charge is 2.24. The van der Waals surface area contributed by atoms with E-state index in [0.717, 1.165) is 24.0 Å². The Kier molecular flexibility index (Phi) is 6.33. The SMILES string of the molecule is CC(=O)CCCC(=C(c1ccc(O)cc1)c1ccc(O)cc1)C1CCCC1. The molecule has 27 heavy (non-hydrogen) atoms. The van der Waals surface area contributed by atoms with Gasteiger partial charge in [-0.15, -0.1) is 0 Å². The molecule has 0 spiro atoms. The number of phenols is 2. The van der Waals surface area contributed by atoms with Crippen LogP contribution in [0.25, 0.3) is 5.57 Å². The molecule has 2 N–H and O–H groups in total. The van der Waals surface area contributed by atoms with Crippen LogP contribution < -0.4 is 0 Å². The minimum atomic E-state index is 0.233. The maximum atomic E-state index is 11.5. The minimum absolute atomic E-state index is 0.233. The van der Waals surface area contributed by atoms with Crippen LogP contribution in [0.2, 0.25) is 0 Å². The van der Waals surface area contributed by atoms with Gasteiger partial charge in [-0.3, -0.25) is 0 Å². The van der Waals surface area contributed by atoms with Crippen molar-refractivity contribution in [2.24, 2.45) is 5.92 Å². The lowest BCUT2D eigenvalue weighted by atomic mass is 9.83. The second-order valence-electron chi connectivity index (χ2n) is 7.53. The van der Waals surface area contributed by atoms with E-state index in [0.29, 0.717) is 12.3 Å². The molecule has 0 saturated heterocycles. The van der Waals surface area contributed by atoms with Gasteiger partial charge in [-0.25, -0.2) is 0 Å². The zero-order chi connectivity index (χ0) is 19.2. The molecule has 0 atom stereocenters. The van der Waals surface area contributed by atoms with Crippen LogP contribution in [0.15, 0.2) is 54.1 Å². The zero-order valence-electron chi connectivity index (χ0n) is 15.9. The number of hydrogen-bond donors (Lipinski definition) is 2. The lowest BCUT2D eigenvalue weighted by Crippen LogP contribution is -2.05. The Morgan fingerprint density at radius 2 is 1.33 bits per heavy atom. The number of aromatic hydroxyl groups is 2. The highest BCUT2D eigenvalue weighted by Crippen LogP contribution is 2.41. The van der Waals surface area contributed by atoms with Crippen molar-refractivity contribution < 1.29 is 15.0 Å². The summed E-state index contributed by atoms with van der Waals surface area (Å²) >= 11 is 0. The van der Waals surface area contributed by atoms with E-state index >= 15 is 0 Å². The topological polar surface area (TPSA) is 57.5 Å². The summed E-state index contributed by atoms with van der Waals surface area (Å²) in [6, 6.07) is 14.7. The van der Waals surface area contributed by atoms with Crippen molar-refractivity contribution in [2.45, 2.75) is 51.9 Å². The number of carbonyl (C=O) groups excluding carboxylic acids is 1. The molecule has 0 unspecified atom stereocenters. The first-order chi connectivity index (χ1) is 13.0. The normalized spacial score (nSPS) is 14.3. The maximum absolute atomic E-state index is 11.5. The number of Topliss-reactive ketones (excluding diaryl/α,β-unsaturated/α-hetero) is 1. The fourth-order valence-electron chi connectivity index (χ4n) is 4.13. The van der Waals surface area contributed by atoms with Crippen molar-refractivity contribution in [3.05, 3.63) is 65.2 Å². The van der Waals surface area contributed by atoms with E-state index in [1.807, 2.05) is 24.3 Å². The van der Waals surface area contributed by atoms with Gasteiger partial charge in [0.15, 0.2) is 0 Å². The van der Waals surface area contributed by atoms with Gasteiger partial charge in [0.25, 0.3) is 0 Å². The number of allylic oxidation sites excluding steroid dienone is 1. The predicted molar refractivity (Wildman–Crippen MR) is 109 cm³/mol. The molecule has 1 aliphatic carbocycles. The fraction of sp³-hybridized carbons (Fsp3) is 0.375. The van der Waals surface area contributed by atoms with E-state index in [-0.39, 0.29) is 17.3 Å². The highest BCUT2D eigenvalue weighted by atomic mass is 16.3. The monoisotopic (exact) mass is 364 g/mol. The van der Waals surface area contributed by atoms with Crippen molar-refractivity contribution in [1.82, 2.24) is 0 Å². The number of benzene rings is 2. The third-order valence-corrected chi connectivity index (χ3v) is 5.46. The summed E-state index contributed by atoms with van der Waals surface area (Å²) in [4.78, 5) is 11.5. The quantitative estimate of drug-likeness (QED) is 0.648. The lowest BCUT2D eigenvalue weighted by Gasteiger charge is -2.22. The van der Waals surface area contributed by atoms with Gasteiger partial charge < -0.3 is 15.0 Å². The van der Waals surface area contributed by atoms with Crippen LogP contribution >= 0.6 is 0 Å². The van der Waals surface area contributed by atoms with E-state index in [9.17, 15) is 15.0 Å². The summed E-state index contributed by atoms with van der Waals surface area (Å²) in [5.74, 6) is 1.27. The molecule has 1 saturated carbocycles. The van der Waals surface area contributed by atoms with Crippen LogP contribution in [-0.4, -0.2) is 16.0 Å². The summed E-state index contributed by atoms with van der Waals surface area (Å²) in [6.07, 6.45) is 7.25. The van der Waals surface area contributed by atoms with Gasteiger partial charge in [-0.2, -0.15) is 0 Å². The predicted octanol–water partition coefficient (Wildman–Crippen LogP) is 5.85. The molecular weight excluding hydrogens is 336 g/mol. The largest absolute Gasteiger partial charge is 0.508 e. The molecule has 3 heteroatoms. The lowest BCUT2D eigenvalue weighted by molar-refractivity contribution is -0.117. The summed E-state index contributed by atoms with van der Waals surface area (Å²) in [6.45, 7) is 1.65. The summed E-state index contributed by atoms with van der Waals surface area (Å²) in [5.41, 5.74) is 4.74. The van der Waals surface area contributed by atoms with Crippen LogP contribution in [0.5, 0.6) is 11.5 Å². The summed E-state index contributed by atoms with van der Waals surface area (Å²) in [5, 5.41) is 19.4. The molecule has 3 nitrogen and oxygen atoms in total. The molecule has 1 fully saturated rings. The average molecular weight is 364 g/mol. The molecule has 0 aliphatic heterocycles. The molecule has 2 aromatic rings. The Morgan fingerprint density at radius 3 is 1.78 bits per heavy atom. The summed E-state index contributed by atoms with van der Waals surface area (Å²) < 4.78 is 0. The number of rotatable bonds is 7. The molecule has 2 aromatic carbocycles. The molecule has 142 valence electrons. The van der Waals surface area contributed by atoms with Gasteiger partial charge in [0.05, 0.1) is 0 Å². The van der Waals surface area contributed by atoms with E-state index < -0.39 is 0 Å². The number of phenolic OH excluding ortho intramolecular Hbond substituents is 2. The first-order valence-electron chi connectivity index (χ1n) is 9.86. The van der Waals surface area contributed by atoms with E-state index in [2.05, 4.69) is 0 Å². The maximum Gasteiger partial charge on any atom is 0.129 e. The van der Waals surface area contributed by atoms with Crippen LogP contribution in [0.4, 0.5) is 0 Å². The van der Waals surface area contributed by atoms with Crippen molar-refractivity contribution in [3.8, 4) is 11.5 Å². The Balaban J connectivity index is 2.09. The van der Waals surface area contributed by atoms with Crippen LogP contribution in [0.3, 0.4) is 0 Å². The Hall–Kier alpha value is -2.55. The van der Waals surface area contributed by atoms with Crippen molar-refractivity contribution in [3.63, 3.8) is 0 Å². The smallest absolute Gasteiger partial charge is 0.129 e. The van der Waals surface area contributed by atoms with Gasteiger partial charge in [0, 0.05) is 6.42 Å². The number of ketones is 1. The Labute approximate surface area is 161 Å². The van der Waals surface area contributed by atoms with E-state index in [1.54, 1.807) is 31.2 Å². The zero-order valence-corrected chi connectivity index (χ0v) is 15.9. The Bertz CT molecular complexity index is 747. The van der Waals surface area contributed by atoms with Crippen molar-refractivity contribution in [2.75, 3.05) is 0 Å². The molecule has 0 bridgehead atoms. The van der Waals surface area contributed by atoms with E-state index in [1.165, 1.54) is 36.8 Å². The average Bonchev–Trinajstić information content (AvgIpc) is 3.18. The van der Waals surface area contributed by atoms with Crippen LogP contribution in [0.1, 0.15) is 63.0 Å². The van der Waals surface area contributed by atoms with Crippen LogP contribution in [-0.2, 0) is 4.79 Å². The van der Waals surface area contributed by atoms with E-state index in [4.69, 9.17) is 0 Å². The fourth-order valence-corrected chi connectivity index (χ4v) is 4.13. The third kappa shape index (κ3) is 5.00. The second kappa shape index (κ2) is 8.90. The van der Waals surface area contributed by atoms with Crippen molar-refractivity contribution in [1.29, 1.82) is 0 Å². The molecule has 0 radical (unpaired) electrons. The standard InChI is InChI=1S/C24H28O3/c1-17(25)5-4-8-23(18-6-2-3-7-18)24(19-9-13-21(26)14-10-19)20-11-15-22(27)16-12-20/h9-16,18,26-27H,2-8H2,1H3. The second-order valence-corrected chi connectivity index (χ2v) is 7.53. The first kappa shape index (κ1) is 19.2. The third-order valence-electron chi connectivity index (χ3n) is 5.46. The molecule has 1 aliphatic rings. The highest BCUT2D eigenvalue weighted by molar-refractivity contribution is 5.83. The minimum Gasteiger partial charge on any atom is -0.508 e. The molecule has 0 aromatic heterocycles. The molecule has 3 rings (SSSR count). The van der Waals surface area contributed by atoms with Gasteiger partial charge in [-0.05, 0) is 79.5 Å². The first-order valence-corrected chi connectivity index (χ1v) is 9.86. The van der Waals surface area contributed by atoms with Gasteiger partial charge in [-0.1, -0.05) is 42.7 Å². The van der Waals surface area contributed by atoms with Gasteiger partial charge in [0.2, 0.25) is 0 Å². The van der Waals surface area contributed by atoms with Gasteiger partial charge in [0.1, 0.15) is 17.3 Å².